The van der Waals surface area contributed by atoms with Crippen LogP contribution in [-0.2, 0) is 4.74 Å². The third-order valence-electron chi connectivity index (χ3n) is 2.12. The number of aliphatic hydroxyl groups is 1. The minimum absolute atomic E-state index is 0.0194. The van der Waals surface area contributed by atoms with Gasteiger partial charge in [0.05, 0.1) is 20.3 Å². The molecule has 0 fully saturated rings. The summed E-state index contributed by atoms with van der Waals surface area (Å²) in [6, 6.07) is 0. The van der Waals surface area contributed by atoms with Crippen molar-refractivity contribution in [1.82, 2.24) is 9.97 Å². The van der Waals surface area contributed by atoms with Gasteiger partial charge in [0.2, 0.25) is 0 Å². The fourth-order valence-electron chi connectivity index (χ4n) is 1.40. The molecule has 0 unspecified atom stereocenters. The number of ether oxygens (including phenoxy) is 1. The molecule has 1 aromatic heterocycles. The Labute approximate surface area is 102 Å². The van der Waals surface area contributed by atoms with Crippen molar-refractivity contribution in [2.45, 2.75) is 6.43 Å². The van der Waals surface area contributed by atoms with Crippen molar-refractivity contribution in [2.24, 2.45) is 0 Å². The van der Waals surface area contributed by atoms with Gasteiger partial charge < -0.3 is 14.7 Å². The molecule has 0 aliphatic rings. The van der Waals surface area contributed by atoms with Crippen LogP contribution in [0.15, 0.2) is 12.5 Å². The molecule has 6 nitrogen and oxygen atoms in total. The zero-order chi connectivity index (χ0) is 13.5. The van der Waals surface area contributed by atoms with E-state index in [2.05, 4.69) is 14.7 Å². The van der Waals surface area contributed by atoms with Crippen molar-refractivity contribution in [1.29, 1.82) is 0 Å². The number of hydrogen-bond donors (Lipinski definition) is 1. The minimum atomic E-state index is -2.61. The van der Waals surface area contributed by atoms with E-state index in [1.807, 2.05) is 0 Å². The van der Waals surface area contributed by atoms with Gasteiger partial charge in [-0.15, -0.1) is 0 Å². The van der Waals surface area contributed by atoms with Crippen LogP contribution < -0.4 is 4.90 Å². The van der Waals surface area contributed by atoms with Crippen LogP contribution in [-0.4, -0.2) is 54.3 Å². The van der Waals surface area contributed by atoms with Crippen LogP contribution in [0.4, 0.5) is 14.6 Å². The maximum atomic E-state index is 12.4. The number of carbonyl (C=O) groups excluding carboxylic acids is 1. The molecule has 0 saturated heterocycles. The van der Waals surface area contributed by atoms with Crippen molar-refractivity contribution in [3.05, 3.63) is 18.1 Å². The van der Waals surface area contributed by atoms with Crippen molar-refractivity contribution in [3.63, 3.8) is 0 Å². The molecule has 0 aromatic carbocycles. The topological polar surface area (TPSA) is 75.5 Å². The zero-order valence-electron chi connectivity index (χ0n) is 9.71. The number of nitrogens with zero attached hydrogens (tertiary/aromatic N) is 3. The molecule has 0 amide bonds. The molecule has 1 N–H and O–H groups in total. The molecule has 0 radical (unpaired) electrons. The van der Waals surface area contributed by atoms with E-state index in [1.54, 1.807) is 0 Å². The Morgan fingerprint density at radius 1 is 1.61 bits per heavy atom. The van der Waals surface area contributed by atoms with Crippen molar-refractivity contribution in [3.8, 4) is 0 Å². The average Bonchev–Trinajstić information content (AvgIpc) is 2.37. The number of aliphatic hydroxyl groups excluding tert-OH is 1. The molecule has 0 aliphatic carbocycles. The van der Waals surface area contributed by atoms with E-state index in [-0.39, 0.29) is 24.5 Å². The Kier molecular flexibility index (Phi) is 5.37. The summed E-state index contributed by atoms with van der Waals surface area (Å²) in [5, 5.41) is 8.85. The van der Waals surface area contributed by atoms with E-state index in [4.69, 9.17) is 5.11 Å². The standard InChI is InChI=1S/C10H13F2N3O3/c1-18-10(17)7-4-13-6-14-9(7)15(2-3-16)5-8(11)12/h4,6,8,16H,2-3,5H2,1H3. The van der Waals surface area contributed by atoms with E-state index in [1.165, 1.54) is 13.3 Å². The molecule has 0 aliphatic heterocycles. The lowest BCUT2D eigenvalue weighted by Crippen LogP contribution is -2.33. The van der Waals surface area contributed by atoms with E-state index < -0.39 is 18.9 Å². The van der Waals surface area contributed by atoms with E-state index in [0.717, 1.165) is 11.2 Å². The van der Waals surface area contributed by atoms with E-state index in [9.17, 15) is 13.6 Å². The normalized spacial score (nSPS) is 10.5. The van der Waals surface area contributed by atoms with Gasteiger partial charge in [-0.2, -0.15) is 0 Å². The zero-order valence-corrected chi connectivity index (χ0v) is 9.71. The van der Waals surface area contributed by atoms with Gasteiger partial charge in [0.1, 0.15) is 17.7 Å². The Morgan fingerprint density at radius 2 is 2.33 bits per heavy atom. The Morgan fingerprint density at radius 3 is 2.89 bits per heavy atom. The first-order valence-electron chi connectivity index (χ1n) is 5.12. The largest absolute Gasteiger partial charge is 0.465 e. The molecule has 0 saturated carbocycles. The number of carbonyl (C=O) groups is 1. The third kappa shape index (κ3) is 3.59. The van der Waals surface area contributed by atoms with Crippen LogP contribution in [0.2, 0.25) is 0 Å². The predicted molar refractivity (Wildman–Crippen MR) is 58.7 cm³/mol. The number of alkyl halides is 2. The van der Waals surface area contributed by atoms with Crippen LogP contribution in [0, 0.1) is 0 Å². The number of aromatic nitrogens is 2. The number of methoxy groups -OCH3 is 1. The van der Waals surface area contributed by atoms with Gasteiger partial charge in [-0.3, -0.25) is 0 Å². The highest BCUT2D eigenvalue weighted by molar-refractivity contribution is 5.94. The van der Waals surface area contributed by atoms with Crippen molar-refractivity contribution < 1.29 is 23.4 Å². The van der Waals surface area contributed by atoms with Gasteiger partial charge in [-0.1, -0.05) is 0 Å². The molecule has 0 spiro atoms. The number of anilines is 1. The van der Waals surface area contributed by atoms with Crippen molar-refractivity contribution in [2.75, 3.05) is 31.7 Å². The summed E-state index contributed by atoms with van der Waals surface area (Å²) >= 11 is 0. The van der Waals surface area contributed by atoms with Gasteiger partial charge in [0.25, 0.3) is 6.43 Å². The number of rotatable bonds is 6. The first-order chi connectivity index (χ1) is 8.60. The van der Waals surface area contributed by atoms with Crippen LogP contribution in [0.5, 0.6) is 0 Å². The molecular weight excluding hydrogens is 248 g/mol. The number of halogens is 2. The lowest BCUT2D eigenvalue weighted by molar-refractivity contribution is 0.0599. The maximum absolute atomic E-state index is 12.4. The maximum Gasteiger partial charge on any atom is 0.343 e. The second-order valence-electron chi connectivity index (χ2n) is 3.31. The Balaban J connectivity index is 3.06. The van der Waals surface area contributed by atoms with Gasteiger partial charge in [-0.25, -0.2) is 23.5 Å². The summed E-state index contributed by atoms with van der Waals surface area (Å²) < 4.78 is 29.4. The monoisotopic (exact) mass is 261 g/mol. The molecule has 0 atom stereocenters. The summed E-state index contributed by atoms with van der Waals surface area (Å²) in [4.78, 5) is 20.0. The molecular formula is C10H13F2N3O3. The number of esters is 1. The smallest absolute Gasteiger partial charge is 0.343 e. The van der Waals surface area contributed by atoms with E-state index >= 15 is 0 Å². The summed E-state index contributed by atoms with van der Waals surface area (Å²) in [7, 11) is 1.17. The highest BCUT2D eigenvalue weighted by atomic mass is 19.3. The summed E-state index contributed by atoms with van der Waals surface area (Å²) in [6.07, 6.45) is -0.293. The second kappa shape index (κ2) is 6.80. The van der Waals surface area contributed by atoms with Crippen molar-refractivity contribution >= 4 is 11.8 Å². The Hall–Kier alpha value is -1.83. The first-order valence-corrected chi connectivity index (χ1v) is 5.12. The predicted octanol–water partition coefficient (Wildman–Crippen LogP) is 0.327. The molecule has 100 valence electrons. The van der Waals surface area contributed by atoms with Crippen LogP contribution in [0.25, 0.3) is 0 Å². The SMILES string of the molecule is COC(=O)c1cncnc1N(CCO)CC(F)F. The minimum Gasteiger partial charge on any atom is -0.465 e. The lowest BCUT2D eigenvalue weighted by atomic mass is 10.3. The van der Waals surface area contributed by atoms with Gasteiger partial charge in [0.15, 0.2) is 0 Å². The van der Waals surface area contributed by atoms with Crippen LogP contribution in [0.3, 0.4) is 0 Å². The van der Waals surface area contributed by atoms with Crippen LogP contribution in [0.1, 0.15) is 10.4 Å². The summed E-state index contributed by atoms with van der Waals surface area (Å²) in [5.41, 5.74) is -0.0194. The fourth-order valence-corrected chi connectivity index (χ4v) is 1.40. The molecule has 1 rings (SSSR count). The highest BCUT2D eigenvalue weighted by Gasteiger charge is 2.21. The first kappa shape index (κ1) is 14.2. The molecule has 1 heterocycles. The van der Waals surface area contributed by atoms with E-state index in [0.29, 0.717) is 0 Å². The van der Waals surface area contributed by atoms with Gasteiger partial charge >= 0.3 is 5.97 Å². The van der Waals surface area contributed by atoms with Gasteiger partial charge in [0, 0.05) is 12.7 Å². The fraction of sp³-hybridized carbons (Fsp3) is 0.500. The molecule has 1 aromatic rings. The summed E-state index contributed by atoms with van der Waals surface area (Å²) in [5.74, 6) is -0.700. The third-order valence-corrected chi connectivity index (χ3v) is 2.12. The molecule has 8 heteroatoms. The Bertz CT molecular complexity index is 404. The van der Waals surface area contributed by atoms with Crippen LogP contribution >= 0.6 is 0 Å². The lowest BCUT2D eigenvalue weighted by Gasteiger charge is -2.23. The molecule has 0 bridgehead atoms. The summed E-state index contributed by atoms with van der Waals surface area (Å²) in [6.45, 7) is -1.04. The molecule has 18 heavy (non-hydrogen) atoms. The second-order valence-corrected chi connectivity index (χ2v) is 3.31. The average molecular weight is 261 g/mol. The quantitative estimate of drug-likeness (QED) is 0.744. The highest BCUT2D eigenvalue weighted by Crippen LogP contribution is 2.18. The number of hydrogen-bond acceptors (Lipinski definition) is 6. The van der Waals surface area contributed by atoms with Gasteiger partial charge in [-0.05, 0) is 0 Å².